The molecule has 3 nitrogen and oxygen atoms in total. The first kappa shape index (κ1) is 13.8. The maximum Gasteiger partial charge on any atom is 0.224 e. The molecule has 2 atom stereocenters. The molecule has 1 N–H and O–H groups in total. The highest BCUT2D eigenvalue weighted by molar-refractivity contribution is 6.30. The minimum absolute atomic E-state index is 0.0916. The van der Waals surface area contributed by atoms with Crippen LogP contribution in [0.25, 0.3) is 0 Å². The maximum atomic E-state index is 12.5. The quantitative estimate of drug-likeness (QED) is 0.936. The van der Waals surface area contributed by atoms with Gasteiger partial charge < -0.3 is 5.32 Å². The van der Waals surface area contributed by atoms with E-state index in [4.69, 9.17) is 11.6 Å². The molecule has 2 aliphatic rings. The van der Waals surface area contributed by atoms with Gasteiger partial charge >= 0.3 is 0 Å². The van der Waals surface area contributed by atoms with Crippen molar-refractivity contribution in [3.05, 3.63) is 64.9 Å². The lowest BCUT2D eigenvalue weighted by molar-refractivity contribution is -0.123. The topological polar surface area (TPSA) is 42.0 Å². The third-order valence-electron chi connectivity index (χ3n) is 4.75. The van der Waals surface area contributed by atoms with E-state index in [9.17, 15) is 4.79 Å². The third kappa shape index (κ3) is 2.50. The summed E-state index contributed by atoms with van der Waals surface area (Å²) >= 11 is 5.94. The Morgan fingerprint density at radius 1 is 1.23 bits per heavy atom. The van der Waals surface area contributed by atoms with Crippen molar-refractivity contribution in [1.82, 2.24) is 10.3 Å². The predicted octanol–water partition coefficient (Wildman–Crippen LogP) is 3.64. The SMILES string of the molecule is O=C(NC1(c2ccc(Cl)cc2)CC1)[C@@H]1C[C@H]1c1cccnc1. The summed E-state index contributed by atoms with van der Waals surface area (Å²) in [5.41, 5.74) is 2.16. The smallest absolute Gasteiger partial charge is 0.224 e. The van der Waals surface area contributed by atoms with E-state index >= 15 is 0 Å². The van der Waals surface area contributed by atoms with Crippen molar-refractivity contribution in [2.24, 2.45) is 5.92 Å². The Bertz CT molecular complexity index is 695. The molecule has 1 amide bonds. The summed E-state index contributed by atoms with van der Waals surface area (Å²) in [5.74, 6) is 0.588. The van der Waals surface area contributed by atoms with Gasteiger partial charge in [0.05, 0.1) is 5.54 Å². The van der Waals surface area contributed by atoms with Gasteiger partial charge in [-0.25, -0.2) is 0 Å². The second-order valence-electron chi connectivity index (χ2n) is 6.31. The predicted molar refractivity (Wildman–Crippen MR) is 85.6 cm³/mol. The second-order valence-corrected chi connectivity index (χ2v) is 6.75. The first-order valence-corrected chi connectivity index (χ1v) is 8.04. The molecular weight excluding hydrogens is 296 g/mol. The van der Waals surface area contributed by atoms with Gasteiger partial charge in [-0.15, -0.1) is 0 Å². The molecule has 0 saturated heterocycles. The fourth-order valence-corrected chi connectivity index (χ4v) is 3.28. The summed E-state index contributed by atoms with van der Waals surface area (Å²) in [6, 6.07) is 11.8. The van der Waals surface area contributed by atoms with Crippen molar-refractivity contribution in [2.45, 2.75) is 30.7 Å². The van der Waals surface area contributed by atoms with Crippen LogP contribution < -0.4 is 5.32 Å². The molecule has 1 aromatic carbocycles. The van der Waals surface area contributed by atoms with Crippen molar-refractivity contribution in [3.8, 4) is 0 Å². The Morgan fingerprint density at radius 2 is 2.00 bits per heavy atom. The first-order chi connectivity index (χ1) is 10.7. The number of rotatable bonds is 4. The summed E-state index contributed by atoms with van der Waals surface area (Å²) in [6.45, 7) is 0. The number of carbonyl (C=O) groups excluding carboxylic acids is 1. The van der Waals surface area contributed by atoms with Crippen LogP contribution in [0.4, 0.5) is 0 Å². The van der Waals surface area contributed by atoms with Crippen LogP contribution in [0.2, 0.25) is 5.02 Å². The second kappa shape index (κ2) is 5.10. The molecule has 2 aromatic rings. The Hall–Kier alpha value is -1.87. The molecule has 22 heavy (non-hydrogen) atoms. The molecule has 2 saturated carbocycles. The maximum absolute atomic E-state index is 12.5. The summed E-state index contributed by atoms with van der Waals surface area (Å²) in [5, 5.41) is 3.99. The zero-order valence-electron chi connectivity index (χ0n) is 12.1. The molecule has 4 heteroatoms. The summed E-state index contributed by atoms with van der Waals surface area (Å²) < 4.78 is 0. The van der Waals surface area contributed by atoms with Gasteiger partial charge in [0.2, 0.25) is 5.91 Å². The van der Waals surface area contributed by atoms with E-state index in [-0.39, 0.29) is 17.4 Å². The van der Waals surface area contributed by atoms with Gasteiger partial charge in [-0.05, 0) is 54.5 Å². The van der Waals surface area contributed by atoms with Gasteiger partial charge in [0.25, 0.3) is 0 Å². The van der Waals surface area contributed by atoms with Crippen molar-refractivity contribution in [2.75, 3.05) is 0 Å². The molecule has 1 aromatic heterocycles. The van der Waals surface area contributed by atoms with Crippen LogP contribution in [0.1, 0.15) is 36.3 Å². The van der Waals surface area contributed by atoms with E-state index < -0.39 is 0 Å². The van der Waals surface area contributed by atoms with Crippen LogP contribution in [0, 0.1) is 5.92 Å². The highest BCUT2D eigenvalue weighted by Gasteiger charge is 2.50. The first-order valence-electron chi connectivity index (χ1n) is 7.66. The summed E-state index contributed by atoms with van der Waals surface area (Å²) in [6.07, 6.45) is 6.56. The van der Waals surface area contributed by atoms with Crippen molar-refractivity contribution in [1.29, 1.82) is 0 Å². The number of hydrogen-bond acceptors (Lipinski definition) is 2. The highest BCUT2D eigenvalue weighted by Crippen LogP contribution is 2.50. The summed E-state index contributed by atoms with van der Waals surface area (Å²) in [7, 11) is 0. The van der Waals surface area contributed by atoms with E-state index in [1.54, 1.807) is 6.20 Å². The molecular formula is C18H17ClN2O. The molecule has 1 heterocycles. The fraction of sp³-hybridized carbons (Fsp3) is 0.333. The van der Waals surface area contributed by atoms with Crippen LogP contribution in [-0.2, 0) is 10.3 Å². The zero-order valence-corrected chi connectivity index (χ0v) is 12.9. The molecule has 112 valence electrons. The van der Waals surface area contributed by atoms with E-state index in [1.807, 2.05) is 36.5 Å². The number of carbonyl (C=O) groups is 1. The highest BCUT2D eigenvalue weighted by atomic mass is 35.5. The lowest BCUT2D eigenvalue weighted by Gasteiger charge is -2.18. The number of aromatic nitrogens is 1. The lowest BCUT2D eigenvalue weighted by Crippen LogP contribution is -2.36. The Kier molecular flexibility index (Phi) is 3.19. The van der Waals surface area contributed by atoms with Gasteiger partial charge in [-0.2, -0.15) is 0 Å². The van der Waals surface area contributed by atoms with Gasteiger partial charge in [-0.3, -0.25) is 9.78 Å². The Labute approximate surface area is 134 Å². The molecule has 0 radical (unpaired) electrons. The minimum Gasteiger partial charge on any atom is -0.346 e. The molecule has 0 unspecified atom stereocenters. The minimum atomic E-state index is -0.163. The molecule has 2 fully saturated rings. The average molecular weight is 313 g/mol. The number of hydrogen-bond donors (Lipinski definition) is 1. The number of benzene rings is 1. The number of nitrogens with one attached hydrogen (secondary N) is 1. The Balaban J connectivity index is 1.44. The van der Waals surface area contributed by atoms with Gasteiger partial charge in [0.15, 0.2) is 0 Å². The van der Waals surface area contributed by atoms with Crippen molar-refractivity contribution < 1.29 is 4.79 Å². The normalized spacial score (nSPS) is 24.6. The Morgan fingerprint density at radius 3 is 2.64 bits per heavy atom. The van der Waals surface area contributed by atoms with Crippen LogP contribution in [-0.4, -0.2) is 10.9 Å². The van der Waals surface area contributed by atoms with Crippen molar-refractivity contribution in [3.63, 3.8) is 0 Å². The molecule has 0 bridgehead atoms. The largest absolute Gasteiger partial charge is 0.346 e. The number of nitrogens with zero attached hydrogens (tertiary/aromatic N) is 1. The van der Waals surface area contributed by atoms with Crippen LogP contribution >= 0.6 is 11.6 Å². The number of amides is 1. The van der Waals surface area contributed by atoms with E-state index in [2.05, 4.69) is 16.4 Å². The standard InChI is InChI=1S/C18H17ClN2O/c19-14-5-3-13(4-6-14)18(7-8-18)21-17(22)16-10-15(16)12-2-1-9-20-11-12/h1-6,9,11,15-16H,7-8,10H2,(H,21,22)/t15-,16+/m0/s1. The van der Waals surface area contributed by atoms with Crippen LogP contribution in [0.3, 0.4) is 0 Å². The molecule has 2 aliphatic carbocycles. The van der Waals surface area contributed by atoms with Gasteiger partial charge in [0.1, 0.15) is 0 Å². The number of pyridine rings is 1. The number of halogens is 1. The fourth-order valence-electron chi connectivity index (χ4n) is 3.16. The third-order valence-corrected chi connectivity index (χ3v) is 5.00. The van der Waals surface area contributed by atoms with Crippen LogP contribution in [0.15, 0.2) is 48.8 Å². The van der Waals surface area contributed by atoms with Crippen molar-refractivity contribution >= 4 is 17.5 Å². The zero-order chi connectivity index (χ0) is 15.2. The van der Waals surface area contributed by atoms with E-state index in [0.717, 1.165) is 29.8 Å². The molecule has 4 rings (SSSR count). The summed E-state index contributed by atoms with van der Waals surface area (Å²) in [4.78, 5) is 16.7. The van der Waals surface area contributed by atoms with E-state index in [0.29, 0.717) is 5.92 Å². The monoisotopic (exact) mass is 312 g/mol. The molecule has 0 spiro atoms. The van der Waals surface area contributed by atoms with Gasteiger partial charge in [0, 0.05) is 23.3 Å². The average Bonchev–Trinajstić information content (AvgIpc) is 3.43. The molecule has 0 aliphatic heterocycles. The lowest BCUT2D eigenvalue weighted by atomic mass is 10.0. The van der Waals surface area contributed by atoms with Crippen LogP contribution in [0.5, 0.6) is 0 Å². The van der Waals surface area contributed by atoms with E-state index in [1.165, 1.54) is 5.56 Å². The van der Waals surface area contributed by atoms with Gasteiger partial charge in [-0.1, -0.05) is 29.8 Å².